The maximum Gasteiger partial charge on any atom is 0.166 e. The van der Waals surface area contributed by atoms with Gasteiger partial charge in [0.25, 0.3) is 0 Å². The summed E-state index contributed by atoms with van der Waals surface area (Å²) < 4.78 is 26.9. The molecule has 0 bridgehead atoms. The lowest BCUT2D eigenvalue weighted by Gasteiger charge is -2.05. The van der Waals surface area contributed by atoms with Crippen molar-refractivity contribution >= 4 is 5.82 Å². The first-order valence-electron chi connectivity index (χ1n) is 4.90. The minimum atomic E-state index is -0.898. The lowest BCUT2D eigenvalue weighted by atomic mass is 10.0. The SMILES string of the molecule is CCc1cc(F)c(F)c(-c2cn[nH]c2N)c1. The van der Waals surface area contributed by atoms with Crippen molar-refractivity contribution in [2.75, 3.05) is 5.73 Å². The highest BCUT2D eigenvalue weighted by molar-refractivity contribution is 5.74. The van der Waals surface area contributed by atoms with Crippen molar-refractivity contribution < 1.29 is 8.78 Å². The van der Waals surface area contributed by atoms with E-state index in [4.69, 9.17) is 5.73 Å². The van der Waals surface area contributed by atoms with Gasteiger partial charge in [0.2, 0.25) is 0 Å². The second kappa shape index (κ2) is 3.92. The minimum Gasteiger partial charge on any atom is -0.384 e. The smallest absolute Gasteiger partial charge is 0.166 e. The van der Waals surface area contributed by atoms with Gasteiger partial charge in [0.1, 0.15) is 5.82 Å². The summed E-state index contributed by atoms with van der Waals surface area (Å²) in [5.41, 5.74) is 6.82. The van der Waals surface area contributed by atoms with Crippen molar-refractivity contribution in [2.45, 2.75) is 13.3 Å². The summed E-state index contributed by atoms with van der Waals surface area (Å²) in [7, 11) is 0. The number of benzene rings is 1. The molecule has 5 heteroatoms. The number of H-pyrrole nitrogens is 1. The largest absolute Gasteiger partial charge is 0.384 e. The summed E-state index contributed by atoms with van der Waals surface area (Å²) in [6.45, 7) is 1.87. The van der Waals surface area contributed by atoms with Crippen LogP contribution in [0, 0.1) is 11.6 Å². The zero-order valence-corrected chi connectivity index (χ0v) is 8.72. The van der Waals surface area contributed by atoms with Crippen LogP contribution in [0.4, 0.5) is 14.6 Å². The molecule has 0 aliphatic carbocycles. The molecule has 0 radical (unpaired) electrons. The predicted molar refractivity (Wildman–Crippen MR) is 57.7 cm³/mol. The van der Waals surface area contributed by atoms with Crippen LogP contribution in [-0.4, -0.2) is 10.2 Å². The zero-order chi connectivity index (χ0) is 11.7. The fourth-order valence-electron chi connectivity index (χ4n) is 1.56. The number of hydrogen-bond acceptors (Lipinski definition) is 2. The summed E-state index contributed by atoms with van der Waals surface area (Å²) in [5.74, 6) is -1.54. The topological polar surface area (TPSA) is 54.7 Å². The van der Waals surface area contributed by atoms with Crippen molar-refractivity contribution in [3.63, 3.8) is 0 Å². The minimum absolute atomic E-state index is 0.142. The van der Waals surface area contributed by atoms with Crippen LogP contribution in [0.2, 0.25) is 0 Å². The number of hydrogen-bond donors (Lipinski definition) is 2. The second-order valence-electron chi connectivity index (χ2n) is 3.49. The molecule has 0 atom stereocenters. The van der Waals surface area contributed by atoms with Crippen molar-refractivity contribution in [1.29, 1.82) is 0 Å². The molecule has 0 aliphatic heterocycles. The molecule has 1 heterocycles. The van der Waals surface area contributed by atoms with Crippen LogP contribution in [-0.2, 0) is 6.42 Å². The Kier molecular flexibility index (Phi) is 2.60. The van der Waals surface area contributed by atoms with Gasteiger partial charge in [-0.3, -0.25) is 5.10 Å². The molecule has 1 aromatic carbocycles. The molecule has 0 unspecified atom stereocenters. The Morgan fingerprint density at radius 1 is 1.31 bits per heavy atom. The van der Waals surface area contributed by atoms with Gasteiger partial charge < -0.3 is 5.73 Å². The Labute approximate surface area is 91.3 Å². The lowest BCUT2D eigenvalue weighted by Crippen LogP contribution is -1.95. The van der Waals surface area contributed by atoms with Crippen LogP contribution in [0.1, 0.15) is 12.5 Å². The normalized spacial score (nSPS) is 10.7. The molecule has 84 valence electrons. The Hall–Kier alpha value is -1.91. The fourth-order valence-corrected chi connectivity index (χ4v) is 1.56. The van der Waals surface area contributed by atoms with Gasteiger partial charge in [-0.05, 0) is 24.1 Å². The van der Waals surface area contributed by atoms with E-state index in [0.29, 0.717) is 12.0 Å². The van der Waals surface area contributed by atoms with Crippen LogP contribution in [0.15, 0.2) is 18.3 Å². The predicted octanol–water partition coefficient (Wildman–Crippen LogP) is 2.50. The lowest BCUT2D eigenvalue weighted by molar-refractivity contribution is 0.510. The van der Waals surface area contributed by atoms with Crippen LogP contribution < -0.4 is 5.73 Å². The maximum atomic E-state index is 13.6. The van der Waals surface area contributed by atoms with Crippen molar-refractivity contribution in [3.8, 4) is 11.1 Å². The highest BCUT2D eigenvalue weighted by Crippen LogP contribution is 2.29. The van der Waals surface area contributed by atoms with E-state index in [-0.39, 0.29) is 11.4 Å². The van der Waals surface area contributed by atoms with Gasteiger partial charge in [0, 0.05) is 11.1 Å². The maximum absolute atomic E-state index is 13.6. The summed E-state index contributed by atoms with van der Waals surface area (Å²) in [5, 5.41) is 6.18. The molecule has 0 saturated carbocycles. The van der Waals surface area contributed by atoms with Gasteiger partial charge in [-0.15, -0.1) is 0 Å². The van der Waals surface area contributed by atoms with Crippen LogP contribution >= 0.6 is 0 Å². The van der Waals surface area contributed by atoms with E-state index in [9.17, 15) is 8.78 Å². The van der Waals surface area contributed by atoms with E-state index >= 15 is 0 Å². The van der Waals surface area contributed by atoms with Crippen molar-refractivity contribution in [1.82, 2.24) is 10.2 Å². The van der Waals surface area contributed by atoms with E-state index in [1.165, 1.54) is 12.3 Å². The summed E-state index contributed by atoms with van der Waals surface area (Å²) >= 11 is 0. The van der Waals surface area contributed by atoms with Gasteiger partial charge in [0.15, 0.2) is 11.6 Å². The zero-order valence-electron chi connectivity index (χ0n) is 8.72. The third-order valence-electron chi connectivity index (χ3n) is 2.46. The molecule has 3 N–H and O–H groups in total. The van der Waals surface area contributed by atoms with Crippen molar-refractivity contribution in [2.24, 2.45) is 0 Å². The van der Waals surface area contributed by atoms with Gasteiger partial charge in [-0.2, -0.15) is 5.10 Å². The Balaban J connectivity index is 2.64. The van der Waals surface area contributed by atoms with Crippen molar-refractivity contribution in [3.05, 3.63) is 35.5 Å². The number of nitrogens with zero attached hydrogens (tertiary/aromatic N) is 1. The molecule has 1 aromatic heterocycles. The van der Waals surface area contributed by atoms with Gasteiger partial charge in [0.05, 0.1) is 6.20 Å². The molecule has 16 heavy (non-hydrogen) atoms. The van der Waals surface area contributed by atoms with Crippen LogP contribution in [0.5, 0.6) is 0 Å². The van der Waals surface area contributed by atoms with E-state index in [1.54, 1.807) is 6.07 Å². The monoisotopic (exact) mass is 223 g/mol. The number of halogens is 2. The molecule has 0 spiro atoms. The molecule has 2 aromatic rings. The number of nitrogens with one attached hydrogen (secondary N) is 1. The number of rotatable bonds is 2. The highest BCUT2D eigenvalue weighted by Gasteiger charge is 2.15. The summed E-state index contributed by atoms with van der Waals surface area (Å²) in [4.78, 5) is 0. The summed E-state index contributed by atoms with van der Waals surface area (Å²) in [6.07, 6.45) is 2.01. The molecular weight excluding hydrogens is 212 g/mol. The molecule has 2 rings (SSSR count). The first-order valence-corrected chi connectivity index (χ1v) is 4.90. The second-order valence-corrected chi connectivity index (χ2v) is 3.49. The number of anilines is 1. The molecular formula is C11H11F2N3. The molecule has 3 nitrogen and oxygen atoms in total. The van der Waals surface area contributed by atoms with Crippen LogP contribution in [0.3, 0.4) is 0 Å². The first-order chi connectivity index (χ1) is 7.63. The summed E-state index contributed by atoms with van der Waals surface area (Å²) in [6, 6.07) is 2.77. The number of nitrogens with two attached hydrogens (primary N) is 1. The van der Waals surface area contributed by atoms with Crippen LogP contribution in [0.25, 0.3) is 11.1 Å². The average Bonchev–Trinajstić information content (AvgIpc) is 2.68. The Morgan fingerprint density at radius 3 is 2.62 bits per heavy atom. The quantitative estimate of drug-likeness (QED) is 0.821. The standard InChI is InChI=1S/C11H11F2N3/c1-2-6-3-7(10(13)9(12)4-6)8-5-15-16-11(8)14/h3-5H,2H2,1H3,(H3,14,15,16). The highest BCUT2D eigenvalue weighted by atomic mass is 19.2. The van der Waals surface area contributed by atoms with E-state index in [1.807, 2.05) is 6.92 Å². The van der Waals surface area contributed by atoms with E-state index < -0.39 is 11.6 Å². The molecule has 0 aliphatic rings. The third kappa shape index (κ3) is 1.64. The number of aromatic amines is 1. The number of aromatic nitrogens is 2. The number of aryl methyl sites for hydroxylation is 1. The molecule has 0 fully saturated rings. The molecule has 0 amide bonds. The fraction of sp³-hybridized carbons (Fsp3) is 0.182. The molecule has 0 saturated heterocycles. The Bertz CT molecular complexity index is 520. The third-order valence-corrected chi connectivity index (χ3v) is 2.46. The van der Waals surface area contributed by atoms with E-state index in [2.05, 4.69) is 10.2 Å². The van der Waals surface area contributed by atoms with Gasteiger partial charge >= 0.3 is 0 Å². The number of nitrogen functional groups attached to an aromatic ring is 1. The first kappa shape index (κ1) is 10.6. The average molecular weight is 223 g/mol. The van der Waals surface area contributed by atoms with Gasteiger partial charge in [-0.1, -0.05) is 6.92 Å². The van der Waals surface area contributed by atoms with Gasteiger partial charge in [-0.25, -0.2) is 8.78 Å². The van der Waals surface area contributed by atoms with E-state index in [0.717, 1.165) is 5.56 Å². The Morgan fingerprint density at radius 2 is 2.06 bits per heavy atom.